The number of hydrogen-bond donors (Lipinski definition) is 0. The third-order valence-corrected chi connectivity index (χ3v) is 0. The molecule has 0 rings (SSSR count). The fourth-order valence-electron chi connectivity index (χ4n) is 0. The molecule has 0 nitrogen and oxygen atoms in total. The average molecular weight is 440 g/mol. The maximum atomic E-state index is 2.28. The Morgan fingerprint density at radius 3 is 0.750 bits per heavy atom. The standard InChI is InChI=1S/5CH3.3Sb/h5*1H3;;;. The van der Waals surface area contributed by atoms with Gasteiger partial charge in [0.2, 0.25) is 0 Å². The van der Waals surface area contributed by atoms with E-state index in [1.165, 1.54) is 0 Å². The summed E-state index contributed by atoms with van der Waals surface area (Å²) >= 11 is 2.45. The molecule has 3 heteroatoms. The molecule has 0 aliphatic carbocycles. The van der Waals surface area contributed by atoms with Crippen LogP contribution in [0.15, 0.2) is 0 Å². The summed E-state index contributed by atoms with van der Waals surface area (Å²) in [6.07, 6.45) is 0. The summed E-state index contributed by atoms with van der Waals surface area (Å²) in [5.74, 6) is 0. The van der Waals surface area contributed by atoms with E-state index < -0.39 is 0 Å². The first-order valence-corrected chi connectivity index (χ1v) is 15.0. The molecule has 4 radical (unpaired) electrons. The molecule has 0 N–H and O–H groups in total. The molecule has 0 fully saturated rings. The Labute approximate surface area is 89.1 Å². The minimum atomic E-state index is 0.350. The average Bonchev–Trinajstić information content (AvgIpc) is 1.75. The Kier molecular flexibility index (Phi) is 71.6. The molecule has 0 aromatic rings. The molecule has 0 saturated heterocycles. The second kappa shape index (κ2) is 34.1. The predicted molar refractivity (Wildman–Crippen MR) is 46.6 cm³/mol. The van der Waals surface area contributed by atoms with E-state index in [0.29, 0.717) is 43.2 Å². The van der Waals surface area contributed by atoms with Crippen molar-refractivity contribution in [3.05, 3.63) is 0 Å². The summed E-state index contributed by atoms with van der Waals surface area (Å²) in [6, 6.07) is 0. The summed E-state index contributed by atoms with van der Waals surface area (Å²) in [5, 5.41) is 0. The van der Waals surface area contributed by atoms with Crippen LogP contribution in [0.2, 0.25) is 24.4 Å². The quantitative estimate of drug-likeness (QED) is 0.504. The van der Waals surface area contributed by atoms with Gasteiger partial charge in [0.25, 0.3) is 0 Å². The summed E-state index contributed by atoms with van der Waals surface area (Å²) in [7, 11) is 0. The van der Waals surface area contributed by atoms with Gasteiger partial charge in [0.15, 0.2) is 0 Å². The zero-order chi connectivity index (χ0) is 7.41. The van der Waals surface area contributed by atoms with E-state index in [1.54, 1.807) is 23.0 Å². The van der Waals surface area contributed by atoms with Crippen molar-refractivity contribution < 1.29 is 0 Å². The zero-order valence-corrected chi connectivity index (χ0v) is 14.0. The van der Waals surface area contributed by atoms with Crippen LogP contribution in [0.5, 0.6) is 0 Å². The zero-order valence-electron chi connectivity index (χ0n) is 6.34. The molecule has 0 aliphatic heterocycles. The first-order valence-electron chi connectivity index (χ1n) is 2.24. The third kappa shape index (κ3) is 78.0. The Bertz CT molecular complexity index is 9.64. The summed E-state index contributed by atoms with van der Waals surface area (Å²) in [6.45, 7) is 0. The Morgan fingerprint density at radius 1 is 0.750 bits per heavy atom. The molecule has 0 aliphatic rings. The van der Waals surface area contributed by atoms with E-state index in [9.17, 15) is 0 Å². The van der Waals surface area contributed by atoms with Crippen molar-refractivity contribution in [1.29, 1.82) is 0 Å². The second-order valence-electron chi connectivity index (χ2n) is 0.894. The van der Waals surface area contributed by atoms with Crippen molar-refractivity contribution in [2.75, 3.05) is 0 Å². The molecular formula is C5H15Sb3. The first-order chi connectivity index (χ1) is 3.83. The summed E-state index contributed by atoms with van der Waals surface area (Å²) in [5.41, 5.74) is 0. The third-order valence-electron chi connectivity index (χ3n) is 0. The predicted octanol–water partition coefficient (Wildman–Crippen LogP) is 1.78. The van der Waals surface area contributed by atoms with Gasteiger partial charge in [-0.2, -0.15) is 0 Å². The van der Waals surface area contributed by atoms with Gasteiger partial charge < -0.3 is 0 Å². The van der Waals surface area contributed by atoms with Crippen molar-refractivity contribution in [2.45, 2.75) is 24.4 Å². The van der Waals surface area contributed by atoms with Crippen molar-refractivity contribution >= 4 is 66.3 Å². The van der Waals surface area contributed by atoms with Crippen LogP contribution in [-0.4, -0.2) is 66.3 Å². The van der Waals surface area contributed by atoms with Crippen LogP contribution in [0, 0.1) is 0 Å². The summed E-state index contributed by atoms with van der Waals surface area (Å²) in [4.78, 5) is 11.2. The molecule has 0 spiro atoms. The van der Waals surface area contributed by atoms with Gasteiger partial charge in [-0.05, 0) is 0 Å². The monoisotopic (exact) mass is 438 g/mol. The van der Waals surface area contributed by atoms with Gasteiger partial charge >= 0.3 is 90.6 Å². The van der Waals surface area contributed by atoms with E-state index in [1.807, 2.05) is 0 Å². The van der Waals surface area contributed by atoms with Crippen LogP contribution < -0.4 is 0 Å². The van der Waals surface area contributed by atoms with E-state index in [-0.39, 0.29) is 0 Å². The van der Waals surface area contributed by atoms with Gasteiger partial charge in [0.05, 0.1) is 0 Å². The first kappa shape index (κ1) is 16.8. The molecule has 0 amide bonds. The molecule has 0 unspecified atom stereocenters. The van der Waals surface area contributed by atoms with Crippen LogP contribution in [0.25, 0.3) is 0 Å². The minimum absolute atomic E-state index is 0.350. The van der Waals surface area contributed by atoms with Gasteiger partial charge in [-0.1, -0.05) is 0 Å². The van der Waals surface area contributed by atoms with E-state index >= 15 is 0 Å². The number of hydrogen-bond acceptors (Lipinski definition) is 0. The maximum absolute atomic E-state index is 2.28. The molecule has 8 heavy (non-hydrogen) atoms. The summed E-state index contributed by atoms with van der Waals surface area (Å²) < 4.78 is 0. The van der Waals surface area contributed by atoms with Crippen molar-refractivity contribution in [1.82, 2.24) is 0 Å². The fourth-order valence-corrected chi connectivity index (χ4v) is 0. The molecule has 0 saturated carbocycles. The van der Waals surface area contributed by atoms with Crippen LogP contribution in [0.3, 0.4) is 0 Å². The molecular weight excluding hydrogens is 425 g/mol. The fraction of sp³-hybridized carbons (Fsp3) is 1.00. The topological polar surface area (TPSA) is 0 Å². The van der Waals surface area contributed by atoms with E-state index in [0.717, 1.165) is 0 Å². The van der Waals surface area contributed by atoms with Crippen LogP contribution in [0.4, 0.5) is 0 Å². The van der Waals surface area contributed by atoms with Crippen molar-refractivity contribution in [3.63, 3.8) is 0 Å². The Balaban J connectivity index is -0.0000000483. The van der Waals surface area contributed by atoms with Gasteiger partial charge in [-0.3, -0.25) is 0 Å². The van der Waals surface area contributed by atoms with Crippen LogP contribution in [-0.2, 0) is 0 Å². The normalized spacial score (nSPS) is 5.25. The molecule has 0 aromatic carbocycles. The van der Waals surface area contributed by atoms with E-state index in [4.69, 9.17) is 0 Å². The van der Waals surface area contributed by atoms with Gasteiger partial charge in [0, 0.05) is 0 Å². The molecule has 0 atom stereocenters. The van der Waals surface area contributed by atoms with Gasteiger partial charge in [-0.15, -0.1) is 0 Å². The van der Waals surface area contributed by atoms with Gasteiger partial charge in [0.1, 0.15) is 0 Å². The van der Waals surface area contributed by atoms with Crippen LogP contribution >= 0.6 is 0 Å². The number of rotatable bonds is 0. The molecule has 0 heterocycles. The van der Waals surface area contributed by atoms with Crippen molar-refractivity contribution in [3.8, 4) is 0 Å². The molecule has 0 bridgehead atoms. The van der Waals surface area contributed by atoms with E-state index in [2.05, 4.69) is 24.4 Å². The SMILES string of the molecule is [CH3][Sb].[CH3][Sb][CH3].[CH3][Sb][CH3]. The molecule has 50 valence electrons. The Morgan fingerprint density at radius 2 is 0.750 bits per heavy atom. The second-order valence-corrected chi connectivity index (χ2v) is 6.00. The van der Waals surface area contributed by atoms with Crippen molar-refractivity contribution in [2.24, 2.45) is 0 Å². The Hall–Kier alpha value is 2.45. The van der Waals surface area contributed by atoms with Gasteiger partial charge in [-0.25, -0.2) is 0 Å². The molecule has 0 aromatic heterocycles. The van der Waals surface area contributed by atoms with Crippen LogP contribution in [0.1, 0.15) is 0 Å².